The Balaban J connectivity index is 3.01. The minimum Gasteiger partial charge on any atom is -0.238 e. The summed E-state index contributed by atoms with van der Waals surface area (Å²) in [4.78, 5) is 3.31. The van der Waals surface area contributed by atoms with Crippen molar-refractivity contribution in [3.05, 3.63) is 41.2 Å². The molecule has 1 aromatic rings. The van der Waals surface area contributed by atoms with E-state index in [9.17, 15) is 0 Å². The molecule has 0 aliphatic carbocycles. The first-order valence-electron chi connectivity index (χ1n) is 2.89. The van der Waals surface area contributed by atoms with Gasteiger partial charge in [-0.15, -0.1) is 0 Å². The maximum absolute atomic E-state index is 6.73. The first-order valence-corrected chi connectivity index (χ1v) is 4.01. The maximum Gasteiger partial charge on any atom is 0.187 e. The number of alkyl halides is 1. The predicted octanol–water partition coefficient (Wildman–Crippen LogP) is 3.13. The van der Waals surface area contributed by atoms with Crippen LogP contribution in [-0.2, 0) is 5.33 Å². The van der Waals surface area contributed by atoms with Gasteiger partial charge in [-0.1, -0.05) is 40.2 Å². The molecule has 1 nitrogen and oxygen atoms in total. The molecule has 0 N–H and O–H groups in total. The highest BCUT2D eigenvalue weighted by Crippen LogP contribution is 2.15. The average molecular weight is 196 g/mol. The van der Waals surface area contributed by atoms with Crippen molar-refractivity contribution >= 4 is 21.6 Å². The highest BCUT2D eigenvalue weighted by Gasteiger charge is 1.90. The minimum absolute atomic E-state index is 0.706. The van der Waals surface area contributed by atoms with E-state index in [0.29, 0.717) is 5.69 Å². The molecule has 0 fully saturated rings. The highest BCUT2D eigenvalue weighted by molar-refractivity contribution is 9.08. The monoisotopic (exact) mass is 195 g/mol. The quantitative estimate of drug-likeness (QED) is 0.480. The molecule has 0 aliphatic heterocycles. The van der Waals surface area contributed by atoms with Crippen molar-refractivity contribution in [3.8, 4) is 0 Å². The lowest BCUT2D eigenvalue weighted by Gasteiger charge is -1.93. The van der Waals surface area contributed by atoms with E-state index in [1.54, 1.807) is 6.07 Å². The lowest BCUT2D eigenvalue weighted by Crippen LogP contribution is -1.72. The van der Waals surface area contributed by atoms with Crippen molar-refractivity contribution < 1.29 is 0 Å². The van der Waals surface area contributed by atoms with Crippen LogP contribution in [-0.4, -0.2) is 0 Å². The molecule has 1 aromatic carbocycles. The van der Waals surface area contributed by atoms with Crippen LogP contribution in [0.4, 0.5) is 5.69 Å². The van der Waals surface area contributed by atoms with Crippen molar-refractivity contribution in [1.82, 2.24) is 0 Å². The summed E-state index contributed by atoms with van der Waals surface area (Å²) >= 11 is 3.32. The lowest BCUT2D eigenvalue weighted by atomic mass is 10.2. The fourth-order valence-corrected chi connectivity index (χ4v) is 1.06. The van der Waals surface area contributed by atoms with Gasteiger partial charge in [-0.3, -0.25) is 0 Å². The van der Waals surface area contributed by atoms with E-state index in [1.807, 2.05) is 18.2 Å². The van der Waals surface area contributed by atoms with Gasteiger partial charge in [0, 0.05) is 5.33 Å². The third-order valence-electron chi connectivity index (χ3n) is 1.19. The SMILES string of the molecule is [C-]#[N+]c1cccc(CBr)c1. The second-order valence-electron chi connectivity index (χ2n) is 1.92. The van der Waals surface area contributed by atoms with Gasteiger partial charge in [0.2, 0.25) is 0 Å². The van der Waals surface area contributed by atoms with Crippen LogP contribution in [0.15, 0.2) is 24.3 Å². The third-order valence-corrected chi connectivity index (χ3v) is 1.84. The number of halogens is 1. The Hall–Kier alpha value is -0.810. The summed E-state index contributed by atoms with van der Waals surface area (Å²) in [5.41, 5.74) is 1.85. The van der Waals surface area contributed by atoms with E-state index in [-0.39, 0.29) is 0 Å². The Labute approximate surface area is 68.6 Å². The van der Waals surface area contributed by atoms with Crippen LogP contribution in [0.1, 0.15) is 5.56 Å². The summed E-state index contributed by atoms with van der Waals surface area (Å²) in [5, 5.41) is 0.816. The van der Waals surface area contributed by atoms with Crippen molar-refractivity contribution in [3.63, 3.8) is 0 Å². The van der Waals surface area contributed by atoms with E-state index in [1.165, 1.54) is 0 Å². The van der Waals surface area contributed by atoms with Crippen molar-refractivity contribution in [2.45, 2.75) is 5.33 Å². The highest BCUT2D eigenvalue weighted by atomic mass is 79.9. The molecule has 0 unspecified atom stereocenters. The number of hydrogen-bond donors (Lipinski definition) is 0. The molecule has 0 heterocycles. The zero-order valence-corrected chi connectivity index (χ0v) is 6.93. The number of rotatable bonds is 1. The molecule has 2 heteroatoms. The molecule has 0 amide bonds. The molecular formula is C8H6BrN. The van der Waals surface area contributed by atoms with Gasteiger partial charge in [0.1, 0.15) is 0 Å². The van der Waals surface area contributed by atoms with Gasteiger partial charge in [0.25, 0.3) is 0 Å². The van der Waals surface area contributed by atoms with E-state index in [4.69, 9.17) is 6.57 Å². The molecule has 0 saturated heterocycles. The van der Waals surface area contributed by atoms with Gasteiger partial charge >= 0.3 is 0 Å². The zero-order chi connectivity index (χ0) is 7.40. The molecule has 0 saturated carbocycles. The molecule has 0 bridgehead atoms. The van der Waals surface area contributed by atoms with E-state index in [2.05, 4.69) is 20.8 Å². The van der Waals surface area contributed by atoms with Crippen LogP contribution in [0.5, 0.6) is 0 Å². The molecule has 0 atom stereocenters. The second kappa shape index (κ2) is 3.38. The van der Waals surface area contributed by atoms with Gasteiger partial charge in [0.05, 0.1) is 6.57 Å². The van der Waals surface area contributed by atoms with Crippen LogP contribution < -0.4 is 0 Å². The number of nitrogens with zero attached hydrogens (tertiary/aromatic N) is 1. The Bertz CT molecular complexity index is 262. The van der Waals surface area contributed by atoms with Crippen molar-refractivity contribution in [2.75, 3.05) is 0 Å². The Kier molecular flexibility index (Phi) is 2.47. The van der Waals surface area contributed by atoms with Gasteiger partial charge < -0.3 is 0 Å². The third kappa shape index (κ3) is 1.58. The van der Waals surface area contributed by atoms with Crippen LogP contribution in [0.3, 0.4) is 0 Å². The van der Waals surface area contributed by atoms with Gasteiger partial charge in [0.15, 0.2) is 5.69 Å². The molecule has 0 aliphatic rings. The summed E-state index contributed by atoms with van der Waals surface area (Å²) < 4.78 is 0. The smallest absolute Gasteiger partial charge is 0.187 e. The van der Waals surface area contributed by atoms with Crippen molar-refractivity contribution in [2.24, 2.45) is 0 Å². The Morgan fingerprint density at radius 2 is 2.30 bits per heavy atom. The molecule has 0 radical (unpaired) electrons. The minimum atomic E-state index is 0.706. The fourth-order valence-electron chi connectivity index (χ4n) is 0.709. The molecule has 0 aromatic heterocycles. The van der Waals surface area contributed by atoms with Gasteiger partial charge in [-0.25, -0.2) is 4.85 Å². The average Bonchev–Trinajstić information content (AvgIpc) is 2.05. The molecular weight excluding hydrogens is 190 g/mol. The Morgan fingerprint density at radius 3 is 2.90 bits per heavy atom. The summed E-state index contributed by atoms with van der Waals surface area (Å²) in [7, 11) is 0. The van der Waals surface area contributed by atoms with Gasteiger partial charge in [-0.05, 0) is 5.56 Å². The molecule has 50 valence electrons. The first-order chi connectivity index (χ1) is 4.86. The summed E-state index contributed by atoms with van der Waals surface area (Å²) in [6, 6.07) is 7.56. The van der Waals surface area contributed by atoms with Crippen LogP contribution in [0.2, 0.25) is 0 Å². The van der Waals surface area contributed by atoms with Crippen LogP contribution in [0.25, 0.3) is 4.85 Å². The Morgan fingerprint density at radius 1 is 1.50 bits per heavy atom. The van der Waals surface area contributed by atoms with Crippen LogP contribution in [0, 0.1) is 6.57 Å². The summed E-state index contributed by atoms with van der Waals surface area (Å²) in [5.74, 6) is 0. The normalized spacial score (nSPS) is 8.80. The zero-order valence-electron chi connectivity index (χ0n) is 5.34. The van der Waals surface area contributed by atoms with E-state index < -0.39 is 0 Å². The fraction of sp³-hybridized carbons (Fsp3) is 0.125. The molecule has 0 spiro atoms. The van der Waals surface area contributed by atoms with E-state index in [0.717, 1.165) is 10.9 Å². The van der Waals surface area contributed by atoms with Crippen LogP contribution >= 0.6 is 15.9 Å². The largest absolute Gasteiger partial charge is 0.238 e. The standard InChI is InChI=1S/C8H6BrN/c1-10-8-4-2-3-7(5-8)6-9/h2-5H,6H2. The predicted molar refractivity (Wildman–Crippen MR) is 45.3 cm³/mol. The topological polar surface area (TPSA) is 4.36 Å². The number of benzene rings is 1. The lowest BCUT2D eigenvalue weighted by molar-refractivity contribution is 1.45. The van der Waals surface area contributed by atoms with Gasteiger partial charge in [-0.2, -0.15) is 0 Å². The maximum atomic E-state index is 6.73. The molecule has 10 heavy (non-hydrogen) atoms. The van der Waals surface area contributed by atoms with E-state index >= 15 is 0 Å². The van der Waals surface area contributed by atoms with Crippen molar-refractivity contribution in [1.29, 1.82) is 0 Å². The summed E-state index contributed by atoms with van der Waals surface area (Å²) in [6.07, 6.45) is 0. The first kappa shape index (κ1) is 7.30. The summed E-state index contributed by atoms with van der Waals surface area (Å²) in [6.45, 7) is 6.73. The number of hydrogen-bond acceptors (Lipinski definition) is 0. The molecule has 1 rings (SSSR count). The second-order valence-corrected chi connectivity index (χ2v) is 2.48.